The van der Waals surface area contributed by atoms with E-state index in [-0.39, 0.29) is 13.2 Å². The summed E-state index contributed by atoms with van der Waals surface area (Å²) in [5, 5.41) is 10.1. The predicted octanol–water partition coefficient (Wildman–Crippen LogP) is -2.97. The van der Waals surface area contributed by atoms with Gasteiger partial charge in [-0.25, -0.2) is 0 Å². The standard InChI is InChI=1S/C13H27B2O10P/c1-3-20-9-7(22-12(14)8(9)16)5-21-26(17,18)24-10-6(4-19-2)23-13(15)11(10)25-26/h6-13,16-18H,3-5,14-15H2,1-2H3/t6-,7-,8?,9?,10?,11?,12-,13-/m1/s1. The number of ether oxygens (including phenoxy) is 4. The molecule has 26 heavy (non-hydrogen) atoms. The van der Waals surface area contributed by atoms with Gasteiger partial charge in [-0.15, -0.1) is 0 Å². The van der Waals surface area contributed by atoms with Gasteiger partial charge in [0.15, 0.2) is 0 Å². The van der Waals surface area contributed by atoms with Crippen molar-refractivity contribution in [3.05, 3.63) is 0 Å². The Kier molecular flexibility index (Phi) is 6.05. The molecular formula is C13H27B2O10P. The van der Waals surface area contributed by atoms with Crippen LogP contribution in [0.5, 0.6) is 0 Å². The van der Waals surface area contributed by atoms with Crippen molar-refractivity contribution >= 4 is 23.4 Å². The fourth-order valence-corrected chi connectivity index (χ4v) is 5.59. The van der Waals surface area contributed by atoms with Crippen molar-refractivity contribution in [3.63, 3.8) is 0 Å². The van der Waals surface area contributed by atoms with Gasteiger partial charge in [0, 0.05) is 0 Å². The molecule has 3 saturated heterocycles. The fraction of sp³-hybridized carbons (Fsp3) is 1.00. The molecule has 3 rings (SSSR count). The maximum atomic E-state index is 10.6. The van der Waals surface area contributed by atoms with Crippen LogP contribution >= 0.6 is 7.74 Å². The van der Waals surface area contributed by atoms with E-state index in [0.717, 1.165) is 0 Å². The van der Waals surface area contributed by atoms with Crippen LogP contribution in [0.25, 0.3) is 0 Å². The van der Waals surface area contributed by atoms with E-state index in [4.69, 9.17) is 32.5 Å². The molecule has 0 bridgehead atoms. The second-order valence-corrected chi connectivity index (χ2v) is 9.15. The topological polar surface area (TPSA) is 125 Å². The Hall–Kier alpha value is 0.160. The normalized spacial score (nSPS) is 48.1. The van der Waals surface area contributed by atoms with Crippen LogP contribution in [0.3, 0.4) is 0 Å². The molecule has 3 fully saturated rings. The van der Waals surface area contributed by atoms with Crippen molar-refractivity contribution in [1.82, 2.24) is 0 Å². The van der Waals surface area contributed by atoms with Crippen molar-refractivity contribution in [2.24, 2.45) is 0 Å². The van der Waals surface area contributed by atoms with E-state index in [1.807, 2.05) is 0 Å². The number of hydrogen-bond acceptors (Lipinski definition) is 10. The molecule has 0 aromatic heterocycles. The SMILES string of the molecule is B[C@@H]1O[C@H](COP2(O)(O)OC3C(O2)[C@@H](COC)O[C@H]3B)C(OCC)C1O. The summed E-state index contributed by atoms with van der Waals surface area (Å²) >= 11 is 0. The molecule has 3 heterocycles. The van der Waals surface area contributed by atoms with Gasteiger partial charge in [0.1, 0.15) is 0 Å². The number of fused-ring (bicyclic) bond motifs is 1. The molecule has 0 aliphatic carbocycles. The second kappa shape index (κ2) is 7.53. The average molecular weight is 396 g/mol. The molecule has 0 aromatic rings. The predicted molar refractivity (Wildman–Crippen MR) is 94.8 cm³/mol. The molecular weight excluding hydrogens is 369 g/mol. The van der Waals surface area contributed by atoms with Gasteiger partial charge in [0.25, 0.3) is 0 Å². The third-order valence-corrected chi connectivity index (χ3v) is 6.67. The van der Waals surface area contributed by atoms with Crippen molar-refractivity contribution in [1.29, 1.82) is 0 Å². The van der Waals surface area contributed by atoms with E-state index in [0.29, 0.717) is 6.61 Å². The molecule has 13 heteroatoms. The molecule has 150 valence electrons. The van der Waals surface area contributed by atoms with Crippen LogP contribution < -0.4 is 0 Å². The summed E-state index contributed by atoms with van der Waals surface area (Å²) in [5.41, 5.74) is 0. The zero-order valence-electron chi connectivity index (χ0n) is 15.4. The van der Waals surface area contributed by atoms with Crippen LogP contribution in [0.4, 0.5) is 0 Å². The van der Waals surface area contributed by atoms with E-state index in [1.165, 1.54) is 7.11 Å². The maximum absolute atomic E-state index is 10.6. The molecule has 0 saturated carbocycles. The van der Waals surface area contributed by atoms with Gasteiger partial charge in [-0.3, -0.25) is 0 Å². The summed E-state index contributed by atoms with van der Waals surface area (Å²) in [6.07, 6.45) is -4.05. The first-order valence-electron chi connectivity index (χ1n) is 8.81. The quantitative estimate of drug-likeness (QED) is 0.304. The summed E-state index contributed by atoms with van der Waals surface area (Å²) in [4.78, 5) is 21.3. The fourth-order valence-electron chi connectivity index (χ4n) is 3.64. The zero-order valence-corrected chi connectivity index (χ0v) is 16.3. The molecule has 0 radical (unpaired) electrons. The first-order valence-corrected chi connectivity index (χ1v) is 10.7. The average Bonchev–Trinajstić information content (AvgIpc) is 3.12. The van der Waals surface area contributed by atoms with E-state index < -0.39 is 56.4 Å². The number of hydrogen-bond donors (Lipinski definition) is 3. The molecule has 0 amide bonds. The molecule has 4 unspecified atom stereocenters. The van der Waals surface area contributed by atoms with Gasteiger partial charge in [0.2, 0.25) is 0 Å². The molecule has 10 nitrogen and oxygen atoms in total. The number of aliphatic hydroxyl groups is 1. The van der Waals surface area contributed by atoms with Crippen LogP contribution in [-0.4, -0.2) is 106 Å². The van der Waals surface area contributed by atoms with Gasteiger partial charge in [0.05, 0.1) is 0 Å². The summed E-state index contributed by atoms with van der Waals surface area (Å²) in [7, 11) is -0.321. The molecule has 3 aliphatic rings. The minimum atomic E-state index is -5.30. The van der Waals surface area contributed by atoms with Crippen LogP contribution in [0.15, 0.2) is 0 Å². The van der Waals surface area contributed by atoms with Gasteiger partial charge < -0.3 is 0 Å². The second-order valence-electron chi connectivity index (χ2n) is 6.86. The Balaban J connectivity index is 1.65. The molecule has 3 aliphatic heterocycles. The van der Waals surface area contributed by atoms with E-state index >= 15 is 0 Å². The van der Waals surface area contributed by atoms with Gasteiger partial charge >= 0.3 is 153 Å². The first-order chi connectivity index (χ1) is 12.2. The van der Waals surface area contributed by atoms with Gasteiger partial charge in [-0.1, -0.05) is 0 Å². The molecule has 0 aromatic carbocycles. The van der Waals surface area contributed by atoms with Crippen LogP contribution in [0, 0.1) is 0 Å². The monoisotopic (exact) mass is 396 g/mol. The number of rotatable bonds is 7. The third kappa shape index (κ3) is 3.97. The Morgan fingerprint density at radius 1 is 1.00 bits per heavy atom. The Bertz CT molecular complexity index is 513. The van der Waals surface area contributed by atoms with E-state index in [2.05, 4.69) is 0 Å². The third-order valence-electron chi connectivity index (χ3n) is 4.87. The Morgan fingerprint density at radius 3 is 2.31 bits per heavy atom. The zero-order chi connectivity index (χ0) is 19.1. The first kappa shape index (κ1) is 20.9. The van der Waals surface area contributed by atoms with Crippen LogP contribution in [-0.2, 0) is 32.5 Å². The summed E-state index contributed by atoms with van der Waals surface area (Å²) in [6.45, 7) is 2.13. The van der Waals surface area contributed by atoms with Gasteiger partial charge in [-0.2, -0.15) is 0 Å². The Morgan fingerprint density at radius 2 is 1.65 bits per heavy atom. The van der Waals surface area contributed by atoms with Crippen molar-refractivity contribution in [3.8, 4) is 0 Å². The number of methoxy groups -OCH3 is 1. The van der Waals surface area contributed by atoms with Crippen LogP contribution in [0.1, 0.15) is 6.92 Å². The summed E-state index contributed by atoms with van der Waals surface area (Å²) in [6, 6.07) is -0.873. The van der Waals surface area contributed by atoms with Gasteiger partial charge in [-0.05, 0) is 0 Å². The molecule has 0 spiro atoms. The number of aliphatic hydroxyl groups excluding tert-OH is 1. The van der Waals surface area contributed by atoms with Crippen molar-refractivity contribution in [2.75, 3.05) is 26.9 Å². The molecule has 3 N–H and O–H groups in total. The van der Waals surface area contributed by atoms with E-state index in [1.54, 1.807) is 22.6 Å². The summed E-state index contributed by atoms with van der Waals surface area (Å²) in [5.74, 6) is 0. The van der Waals surface area contributed by atoms with Crippen molar-refractivity contribution in [2.45, 2.75) is 55.6 Å². The Labute approximate surface area is 154 Å². The molecule has 8 atom stereocenters. The van der Waals surface area contributed by atoms with Crippen LogP contribution in [0.2, 0.25) is 0 Å². The van der Waals surface area contributed by atoms with Crippen molar-refractivity contribution < 1.29 is 47.4 Å². The summed E-state index contributed by atoms with van der Waals surface area (Å²) < 4.78 is 38.0. The minimum absolute atomic E-state index is 0.225. The van der Waals surface area contributed by atoms with E-state index in [9.17, 15) is 14.9 Å².